The first-order chi connectivity index (χ1) is 16.9. The smallest absolute Gasteiger partial charge is 0.282 e. The SMILES string of the molecule is CCCc1nc2ccc(Br)cc2c(=O)n1N=Cc1cc(Cl)cc(OC)c1OCc1cccc(F)c1. The van der Waals surface area contributed by atoms with Gasteiger partial charge in [0.05, 0.1) is 24.2 Å². The van der Waals surface area contributed by atoms with Gasteiger partial charge in [0.1, 0.15) is 18.2 Å². The van der Waals surface area contributed by atoms with Gasteiger partial charge in [0, 0.05) is 27.5 Å². The highest BCUT2D eigenvalue weighted by Crippen LogP contribution is 2.34. The highest BCUT2D eigenvalue weighted by molar-refractivity contribution is 9.10. The standard InChI is InChI=1S/C26H22BrClFN3O3/c1-3-5-24-31-22-9-8-18(27)12-21(22)26(33)32(24)30-14-17-11-19(28)13-23(34-2)25(17)35-15-16-6-4-7-20(29)10-16/h4,6-14H,3,5,15H2,1-2H3. The summed E-state index contributed by atoms with van der Waals surface area (Å²) in [6.45, 7) is 2.11. The van der Waals surface area contributed by atoms with Crippen molar-refractivity contribution in [1.82, 2.24) is 9.66 Å². The molecule has 0 amide bonds. The van der Waals surface area contributed by atoms with Gasteiger partial charge < -0.3 is 9.47 Å². The second-order valence-corrected chi connectivity index (χ2v) is 9.10. The highest BCUT2D eigenvalue weighted by Gasteiger charge is 2.14. The van der Waals surface area contributed by atoms with E-state index in [0.717, 1.165) is 10.9 Å². The number of nitrogens with zero attached hydrogens (tertiary/aromatic N) is 3. The van der Waals surface area contributed by atoms with Crippen molar-refractivity contribution in [2.45, 2.75) is 26.4 Å². The molecular formula is C26H22BrClFN3O3. The summed E-state index contributed by atoms with van der Waals surface area (Å²) >= 11 is 9.70. The highest BCUT2D eigenvalue weighted by atomic mass is 79.9. The lowest BCUT2D eigenvalue weighted by Crippen LogP contribution is -2.22. The first kappa shape index (κ1) is 24.9. The van der Waals surface area contributed by atoms with Crippen LogP contribution in [0.4, 0.5) is 4.39 Å². The summed E-state index contributed by atoms with van der Waals surface area (Å²) in [5.74, 6) is 0.942. The summed E-state index contributed by atoms with van der Waals surface area (Å²) in [7, 11) is 1.50. The van der Waals surface area contributed by atoms with Gasteiger partial charge in [-0.1, -0.05) is 46.6 Å². The monoisotopic (exact) mass is 557 g/mol. The van der Waals surface area contributed by atoms with E-state index in [-0.39, 0.29) is 18.0 Å². The average Bonchev–Trinajstić information content (AvgIpc) is 2.83. The maximum atomic E-state index is 13.6. The molecule has 0 radical (unpaired) electrons. The lowest BCUT2D eigenvalue weighted by molar-refractivity contribution is 0.283. The number of rotatable bonds is 8. The van der Waals surface area contributed by atoms with Crippen molar-refractivity contribution in [3.63, 3.8) is 0 Å². The molecule has 0 saturated carbocycles. The van der Waals surface area contributed by atoms with Crippen LogP contribution in [-0.2, 0) is 13.0 Å². The number of aromatic nitrogens is 2. The topological polar surface area (TPSA) is 65.7 Å². The molecule has 4 aromatic rings. The van der Waals surface area contributed by atoms with Crippen LogP contribution in [0.3, 0.4) is 0 Å². The minimum absolute atomic E-state index is 0.100. The Bertz CT molecular complexity index is 1470. The van der Waals surface area contributed by atoms with Gasteiger partial charge in [0.25, 0.3) is 5.56 Å². The van der Waals surface area contributed by atoms with E-state index in [1.807, 2.05) is 13.0 Å². The molecule has 0 N–H and O–H groups in total. The van der Waals surface area contributed by atoms with Crippen molar-refractivity contribution in [3.05, 3.63) is 97.2 Å². The Morgan fingerprint density at radius 2 is 2.03 bits per heavy atom. The Morgan fingerprint density at radius 3 is 2.77 bits per heavy atom. The van der Waals surface area contributed by atoms with Gasteiger partial charge in [-0.25, -0.2) is 9.37 Å². The molecule has 0 atom stereocenters. The zero-order valence-electron chi connectivity index (χ0n) is 19.1. The van der Waals surface area contributed by atoms with E-state index in [9.17, 15) is 9.18 Å². The maximum Gasteiger partial charge on any atom is 0.282 e. The molecule has 0 bridgehead atoms. The molecule has 4 rings (SSSR count). The number of methoxy groups -OCH3 is 1. The van der Waals surface area contributed by atoms with E-state index in [1.54, 1.807) is 36.4 Å². The third kappa shape index (κ3) is 5.71. The van der Waals surface area contributed by atoms with Gasteiger partial charge >= 0.3 is 0 Å². The fourth-order valence-electron chi connectivity index (χ4n) is 3.59. The molecule has 0 unspecified atom stereocenters. The second-order valence-electron chi connectivity index (χ2n) is 7.75. The number of benzene rings is 3. The largest absolute Gasteiger partial charge is 0.493 e. The second kappa shape index (κ2) is 11.0. The fraction of sp³-hybridized carbons (Fsp3) is 0.192. The number of halogens is 3. The summed E-state index contributed by atoms with van der Waals surface area (Å²) in [5, 5.41) is 5.32. The van der Waals surface area contributed by atoms with Crippen LogP contribution < -0.4 is 15.0 Å². The molecule has 1 heterocycles. The molecule has 35 heavy (non-hydrogen) atoms. The van der Waals surface area contributed by atoms with Gasteiger partial charge in [-0.05, 0) is 48.4 Å². The van der Waals surface area contributed by atoms with Crippen molar-refractivity contribution in [1.29, 1.82) is 0 Å². The maximum absolute atomic E-state index is 13.6. The van der Waals surface area contributed by atoms with E-state index in [4.69, 9.17) is 21.1 Å². The quantitative estimate of drug-likeness (QED) is 0.236. The van der Waals surface area contributed by atoms with E-state index in [0.29, 0.717) is 50.8 Å². The third-order valence-corrected chi connectivity index (χ3v) is 5.91. The van der Waals surface area contributed by atoms with Crippen LogP contribution in [0.15, 0.2) is 69.0 Å². The first-order valence-electron chi connectivity index (χ1n) is 10.9. The minimum Gasteiger partial charge on any atom is -0.493 e. The van der Waals surface area contributed by atoms with Crippen LogP contribution in [0.1, 0.15) is 30.3 Å². The van der Waals surface area contributed by atoms with Crippen LogP contribution in [-0.4, -0.2) is 23.0 Å². The molecule has 0 aliphatic rings. The van der Waals surface area contributed by atoms with Crippen molar-refractivity contribution in [3.8, 4) is 11.5 Å². The lowest BCUT2D eigenvalue weighted by Gasteiger charge is -2.14. The van der Waals surface area contributed by atoms with Crippen LogP contribution in [0.5, 0.6) is 11.5 Å². The van der Waals surface area contributed by atoms with Crippen LogP contribution >= 0.6 is 27.5 Å². The van der Waals surface area contributed by atoms with Crippen molar-refractivity contribution in [2.75, 3.05) is 7.11 Å². The van der Waals surface area contributed by atoms with Crippen molar-refractivity contribution >= 4 is 44.6 Å². The molecule has 9 heteroatoms. The zero-order chi connectivity index (χ0) is 24.9. The molecule has 0 fully saturated rings. The van der Waals surface area contributed by atoms with Crippen molar-refractivity contribution < 1.29 is 13.9 Å². The number of aryl methyl sites for hydroxylation is 1. The molecule has 0 aliphatic heterocycles. The Morgan fingerprint density at radius 1 is 1.20 bits per heavy atom. The van der Waals surface area contributed by atoms with E-state index < -0.39 is 0 Å². The molecule has 0 saturated heterocycles. The van der Waals surface area contributed by atoms with Gasteiger partial charge in [-0.3, -0.25) is 4.79 Å². The molecule has 3 aromatic carbocycles. The van der Waals surface area contributed by atoms with E-state index >= 15 is 0 Å². The molecular weight excluding hydrogens is 537 g/mol. The normalized spacial score (nSPS) is 11.3. The molecule has 6 nitrogen and oxygen atoms in total. The van der Waals surface area contributed by atoms with Crippen LogP contribution in [0.2, 0.25) is 5.02 Å². The summed E-state index contributed by atoms with van der Waals surface area (Å²) in [6, 6.07) is 14.8. The predicted octanol–water partition coefficient (Wildman–Crippen LogP) is 6.37. The number of hydrogen-bond donors (Lipinski definition) is 0. The molecule has 1 aromatic heterocycles. The van der Waals surface area contributed by atoms with E-state index in [1.165, 1.54) is 30.1 Å². The van der Waals surface area contributed by atoms with Crippen LogP contribution in [0.25, 0.3) is 10.9 Å². The Hall–Kier alpha value is -3.23. The number of hydrogen-bond acceptors (Lipinski definition) is 5. The average molecular weight is 559 g/mol. The van der Waals surface area contributed by atoms with E-state index in [2.05, 4.69) is 26.0 Å². The van der Waals surface area contributed by atoms with Crippen LogP contribution in [0, 0.1) is 5.82 Å². The lowest BCUT2D eigenvalue weighted by atomic mass is 10.2. The summed E-state index contributed by atoms with van der Waals surface area (Å²) in [6.07, 6.45) is 2.85. The van der Waals surface area contributed by atoms with Gasteiger partial charge in [0.15, 0.2) is 11.5 Å². The summed E-state index contributed by atoms with van der Waals surface area (Å²) in [4.78, 5) is 17.9. The van der Waals surface area contributed by atoms with Crippen molar-refractivity contribution in [2.24, 2.45) is 5.10 Å². The fourth-order valence-corrected chi connectivity index (χ4v) is 4.17. The third-order valence-electron chi connectivity index (χ3n) is 5.20. The Labute approximate surface area is 215 Å². The summed E-state index contributed by atoms with van der Waals surface area (Å²) in [5.41, 5.74) is 1.47. The van der Waals surface area contributed by atoms with Gasteiger partial charge in [0.2, 0.25) is 0 Å². The Kier molecular flexibility index (Phi) is 7.83. The molecule has 0 aliphatic carbocycles. The minimum atomic E-state index is -0.353. The number of fused-ring (bicyclic) bond motifs is 1. The van der Waals surface area contributed by atoms with Gasteiger partial charge in [-0.2, -0.15) is 9.78 Å². The molecule has 0 spiro atoms. The first-order valence-corrected chi connectivity index (χ1v) is 12.1. The van der Waals surface area contributed by atoms with Gasteiger partial charge in [-0.15, -0.1) is 0 Å². The predicted molar refractivity (Wildman–Crippen MR) is 139 cm³/mol. The molecule has 180 valence electrons. The Balaban J connectivity index is 1.78. The summed E-state index contributed by atoms with van der Waals surface area (Å²) < 4.78 is 27.1. The number of ether oxygens (including phenoxy) is 2. The zero-order valence-corrected chi connectivity index (χ0v) is 21.4.